The van der Waals surface area contributed by atoms with E-state index in [9.17, 15) is 4.79 Å². The van der Waals surface area contributed by atoms with Crippen molar-refractivity contribution in [1.29, 1.82) is 0 Å². The summed E-state index contributed by atoms with van der Waals surface area (Å²) in [7, 11) is -3.27. The van der Waals surface area contributed by atoms with E-state index in [1.165, 1.54) is 0 Å². The van der Waals surface area contributed by atoms with E-state index in [1.807, 2.05) is 0 Å². The van der Waals surface area contributed by atoms with Crippen molar-refractivity contribution in [3.05, 3.63) is 0 Å². The van der Waals surface area contributed by atoms with Gasteiger partial charge in [-0.2, -0.15) is 0 Å². The normalized spacial score (nSPS) is 24.0. The van der Waals surface area contributed by atoms with Gasteiger partial charge in [0.05, 0.1) is 6.61 Å². The molecule has 1 N–H and O–H groups in total. The van der Waals surface area contributed by atoms with Gasteiger partial charge in [0.2, 0.25) is 0 Å². The van der Waals surface area contributed by atoms with Gasteiger partial charge < -0.3 is 19.4 Å². The average molecular weight is 507 g/mol. The molecule has 0 amide bonds. The minimum Gasteiger partial charge on any atom is -0.394 e. The molecule has 194 valence electrons. The number of aldehydes is 1. The van der Waals surface area contributed by atoms with Crippen LogP contribution in [-0.2, 0) is 14.3 Å². The first-order valence-electron chi connectivity index (χ1n) is 13.1. The minimum atomic E-state index is -1.65. The number of carbonyl (C=O) groups excluding carboxylic acids is 1. The van der Waals surface area contributed by atoms with Crippen molar-refractivity contribution in [1.82, 2.24) is 0 Å². The molecule has 2 saturated heterocycles. The SMILES string of the molecule is CC(C)[Si](C#C[C@H]1O[C@@H]1C=O)(C(C)C)C(C)C.CC(C)[Si](C#C[C@H]1O[C@@H]1CO)(C(C)C)C(C)C. The van der Waals surface area contributed by atoms with E-state index in [2.05, 4.69) is 106 Å². The van der Waals surface area contributed by atoms with Crippen LogP contribution in [0.25, 0.3) is 0 Å². The molecular formula is C28H50O4Si2. The molecule has 0 spiro atoms. The summed E-state index contributed by atoms with van der Waals surface area (Å²) < 4.78 is 10.5. The first kappa shape index (κ1) is 31.1. The van der Waals surface area contributed by atoms with Gasteiger partial charge in [-0.1, -0.05) is 94.9 Å². The summed E-state index contributed by atoms with van der Waals surface area (Å²) in [5.41, 5.74) is 11.0. The average Bonchev–Trinajstić information content (AvgIpc) is 3.63. The van der Waals surface area contributed by atoms with Gasteiger partial charge in [0, 0.05) is 0 Å². The summed E-state index contributed by atoms with van der Waals surface area (Å²) in [4.78, 5) is 10.5. The van der Waals surface area contributed by atoms with Gasteiger partial charge in [-0.15, -0.1) is 11.1 Å². The molecular weight excluding hydrogens is 456 g/mol. The van der Waals surface area contributed by atoms with E-state index in [-0.39, 0.29) is 31.0 Å². The van der Waals surface area contributed by atoms with Crippen LogP contribution in [0.3, 0.4) is 0 Å². The highest BCUT2D eigenvalue weighted by atomic mass is 28.3. The zero-order valence-corrected chi connectivity index (χ0v) is 25.7. The molecule has 4 nitrogen and oxygen atoms in total. The summed E-state index contributed by atoms with van der Waals surface area (Å²) >= 11 is 0. The van der Waals surface area contributed by atoms with Gasteiger partial charge in [0.1, 0.15) is 28.4 Å². The van der Waals surface area contributed by atoms with E-state index in [0.717, 1.165) is 6.29 Å². The zero-order valence-electron chi connectivity index (χ0n) is 23.7. The predicted molar refractivity (Wildman–Crippen MR) is 148 cm³/mol. The molecule has 0 bridgehead atoms. The lowest BCUT2D eigenvalue weighted by Crippen LogP contribution is -2.43. The summed E-state index contributed by atoms with van der Waals surface area (Å²) in [6, 6.07) is 0. The lowest BCUT2D eigenvalue weighted by Gasteiger charge is -2.38. The van der Waals surface area contributed by atoms with Gasteiger partial charge in [0.15, 0.2) is 18.5 Å². The Hall–Kier alpha value is -0.896. The Kier molecular flexibility index (Phi) is 11.8. The third-order valence-electron chi connectivity index (χ3n) is 8.02. The number of epoxide rings is 2. The molecule has 2 heterocycles. The van der Waals surface area contributed by atoms with E-state index in [4.69, 9.17) is 14.6 Å². The van der Waals surface area contributed by atoms with Gasteiger partial charge in [-0.05, 0) is 33.2 Å². The van der Waals surface area contributed by atoms with Crippen LogP contribution >= 0.6 is 0 Å². The van der Waals surface area contributed by atoms with Crippen LogP contribution in [0.1, 0.15) is 83.1 Å². The van der Waals surface area contributed by atoms with Gasteiger partial charge in [0.25, 0.3) is 0 Å². The quantitative estimate of drug-likeness (QED) is 0.186. The van der Waals surface area contributed by atoms with Crippen molar-refractivity contribution >= 4 is 22.4 Å². The Balaban J connectivity index is 0.000000340. The van der Waals surface area contributed by atoms with Crippen molar-refractivity contribution in [2.45, 2.75) is 141 Å². The molecule has 0 aromatic carbocycles. The molecule has 0 radical (unpaired) electrons. The van der Waals surface area contributed by atoms with Crippen LogP contribution in [0, 0.1) is 22.9 Å². The Bertz CT molecular complexity index is 736. The summed E-state index contributed by atoms with van der Waals surface area (Å²) in [6.07, 6.45) is 0.419. The second-order valence-electron chi connectivity index (χ2n) is 11.8. The van der Waals surface area contributed by atoms with Crippen molar-refractivity contribution in [3.63, 3.8) is 0 Å². The third kappa shape index (κ3) is 7.08. The summed E-state index contributed by atoms with van der Waals surface area (Å²) in [5.74, 6) is 6.47. The molecule has 2 fully saturated rings. The fourth-order valence-electron chi connectivity index (χ4n) is 6.01. The third-order valence-corrected chi connectivity index (χ3v) is 20.6. The van der Waals surface area contributed by atoms with E-state index < -0.39 is 16.1 Å². The maximum Gasteiger partial charge on any atom is 0.152 e. The number of rotatable bonds is 8. The summed E-state index contributed by atoms with van der Waals surface area (Å²) in [5, 5.41) is 8.95. The second-order valence-corrected chi connectivity index (χ2v) is 22.9. The van der Waals surface area contributed by atoms with Crippen molar-refractivity contribution in [2.75, 3.05) is 6.61 Å². The maximum absolute atomic E-state index is 10.5. The number of aliphatic hydroxyl groups is 1. The Morgan fingerprint density at radius 3 is 1.26 bits per heavy atom. The largest absolute Gasteiger partial charge is 0.394 e. The van der Waals surface area contributed by atoms with Gasteiger partial charge >= 0.3 is 0 Å². The Morgan fingerprint density at radius 1 is 0.676 bits per heavy atom. The standard InChI is InChI=1S/C14H26O2Si.C14H24O2Si/c2*1-10(2)17(11(3)4,12(5)6)8-7-13-14(9-15)16-13/h10-15H,9H2,1-6H3;9-14H,1-6H3/t2*13-,14-/m11/s1. The fraction of sp³-hybridized carbons (Fsp3) is 0.821. The maximum atomic E-state index is 10.5. The molecule has 0 aliphatic carbocycles. The molecule has 0 aromatic heterocycles. The lowest BCUT2D eigenvalue weighted by molar-refractivity contribution is -0.108. The number of carbonyl (C=O) groups is 1. The highest BCUT2D eigenvalue weighted by molar-refractivity contribution is 6.91. The van der Waals surface area contributed by atoms with E-state index in [0.29, 0.717) is 33.2 Å². The van der Waals surface area contributed by atoms with E-state index >= 15 is 0 Å². The Morgan fingerprint density at radius 2 is 1.03 bits per heavy atom. The Labute approximate surface area is 212 Å². The summed E-state index contributed by atoms with van der Waals surface area (Å²) in [6.45, 7) is 27.6. The monoisotopic (exact) mass is 506 g/mol. The first-order chi connectivity index (χ1) is 15.7. The number of hydrogen-bond donors (Lipinski definition) is 1. The highest BCUT2D eigenvalue weighted by Gasteiger charge is 2.44. The van der Waals surface area contributed by atoms with Crippen LogP contribution in [0.2, 0.25) is 33.2 Å². The van der Waals surface area contributed by atoms with Crippen LogP contribution in [0.15, 0.2) is 0 Å². The molecule has 0 unspecified atom stereocenters. The number of ether oxygens (including phenoxy) is 2. The van der Waals surface area contributed by atoms with Gasteiger partial charge in [-0.25, -0.2) is 0 Å². The van der Waals surface area contributed by atoms with Gasteiger partial charge in [-0.3, -0.25) is 0 Å². The molecule has 4 atom stereocenters. The van der Waals surface area contributed by atoms with Crippen LogP contribution in [-0.4, -0.2) is 58.6 Å². The lowest BCUT2D eigenvalue weighted by atomic mass is 10.3. The predicted octanol–water partition coefficient (Wildman–Crippen LogP) is 6.14. The first-order valence-corrected chi connectivity index (χ1v) is 17.6. The molecule has 0 aromatic rings. The number of aliphatic hydroxyl groups excluding tert-OH is 1. The second kappa shape index (κ2) is 12.9. The van der Waals surface area contributed by atoms with Crippen molar-refractivity contribution in [3.8, 4) is 22.9 Å². The van der Waals surface area contributed by atoms with Crippen LogP contribution in [0.4, 0.5) is 0 Å². The molecule has 2 aliphatic heterocycles. The zero-order chi connectivity index (χ0) is 26.4. The van der Waals surface area contributed by atoms with Crippen LogP contribution < -0.4 is 0 Å². The molecule has 34 heavy (non-hydrogen) atoms. The van der Waals surface area contributed by atoms with E-state index in [1.54, 1.807) is 0 Å². The highest BCUT2D eigenvalue weighted by Crippen LogP contribution is 2.42. The molecule has 2 aliphatic rings. The van der Waals surface area contributed by atoms with Crippen LogP contribution in [0.5, 0.6) is 0 Å². The minimum absolute atomic E-state index is 0.0110. The molecule has 6 heteroatoms. The smallest absolute Gasteiger partial charge is 0.152 e. The van der Waals surface area contributed by atoms with Crippen molar-refractivity contribution < 1.29 is 19.4 Å². The molecule has 2 rings (SSSR count). The molecule has 0 saturated carbocycles. The number of hydrogen-bond acceptors (Lipinski definition) is 4. The fourth-order valence-corrected chi connectivity index (χ4v) is 16.5. The van der Waals surface area contributed by atoms with Crippen molar-refractivity contribution in [2.24, 2.45) is 0 Å². The topological polar surface area (TPSA) is 62.4 Å².